The fourth-order valence-corrected chi connectivity index (χ4v) is 2.38. The van der Waals surface area contributed by atoms with Gasteiger partial charge in [0, 0.05) is 24.1 Å². The highest BCUT2D eigenvalue weighted by Gasteiger charge is 2.33. The van der Waals surface area contributed by atoms with E-state index in [0.29, 0.717) is 24.0 Å². The number of nitrogens with one attached hydrogen (secondary N) is 1. The lowest BCUT2D eigenvalue weighted by molar-refractivity contribution is 0.0903. The second-order valence-electron chi connectivity index (χ2n) is 4.84. The summed E-state index contributed by atoms with van der Waals surface area (Å²) in [6.07, 6.45) is 0.490. The van der Waals surface area contributed by atoms with Crippen LogP contribution in [0.15, 0.2) is 24.3 Å². The Labute approximate surface area is 111 Å². The lowest BCUT2D eigenvalue weighted by atomic mass is 10.1. The van der Waals surface area contributed by atoms with Gasteiger partial charge in [0.2, 0.25) is 0 Å². The predicted molar refractivity (Wildman–Crippen MR) is 68.2 cm³/mol. The predicted octanol–water partition coefficient (Wildman–Crippen LogP) is 0.420. The van der Waals surface area contributed by atoms with Gasteiger partial charge in [0.1, 0.15) is 0 Å². The molecule has 2 rings (SSSR count). The van der Waals surface area contributed by atoms with Crippen molar-refractivity contribution in [2.24, 2.45) is 5.92 Å². The molecule has 19 heavy (non-hydrogen) atoms. The Morgan fingerprint density at radius 1 is 1.37 bits per heavy atom. The van der Waals surface area contributed by atoms with Crippen molar-refractivity contribution in [2.75, 3.05) is 6.61 Å². The summed E-state index contributed by atoms with van der Waals surface area (Å²) in [6, 6.07) is 8.26. The van der Waals surface area contributed by atoms with Gasteiger partial charge in [0.15, 0.2) is 0 Å². The van der Waals surface area contributed by atoms with Gasteiger partial charge in [-0.2, -0.15) is 5.26 Å². The molecular formula is C14H16N2O3. The third-order valence-electron chi connectivity index (χ3n) is 3.50. The van der Waals surface area contributed by atoms with E-state index < -0.39 is 6.10 Å². The fourth-order valence-electron chi connectivity index (χ4n) is 2.38. The summed E-state index contributed by atoms with van der Waals surface area (Å²) in [5, 5.41) is 30.2. The maximum Gasteiger partial charge on any atom is 0.251 e. The molecule has 0 heterocycles. The standard InChI is InChI=1S/C14H16N2O3/c15-7-9-1-3-10(4-2-9)14(19)16-12-5-11(8-17)13(18)6-12/h1-4,11-13,17-18H,5-6,8H2,(H,16,19)/t11-,12+,13+/m1/s1. The Bertz CT molecular complexity index is 492. The number of nitrogens with zero attached hydrogens (tertiary/aromatic N) is 1. The van der Waals surface area contributed by atoms with Crippen molar-refractivity contribution in [3.8, 4) is 6.07 Å². The molecule has 0 radical (unpaired) electrons. The van der Waals surface area contributed by atoms with Crippen LogP contribution in [0.3, 0.4) is 0 Å². The molecule has 0 aliphatic heterocycles. The maximum atomic E-state index is 12.0. The van der Waals surface area contributed by atoms with Gasteiger partial charge in [-0.1, -0.05) is 0 Å². The average Bonchev–Trinajstić information content (AvgIpc) is 2.78. The van der Waals surface area contributed by atoms with Gasteiger partial charge in [0.05, 0.1) is 17.7 Å². The van der Waals surface area contributed by atoms with E-state index in [-0.39, 0.29) is 24.5 Å². The highest BCUT2D eigenvalue weighted by atomic mass is 16.3. The van der Waals surface area contributed by atoms with Crippen LogP contribution in [-0.2, 0) is 0 Å². The minimum Gasteiger partial charge on any atom is -0.396 e. The van der Waals surface area contributed by atoms with Gasteiger partial charge in [-0.15, -0.1) is 0 Å². The number of aliphatic hydroxyl groups excluding tert-OH is 2. The summed E-state index contributed by atoms with van der Waals surface area (Å²) >= 11 is 0. The summed E-state index contributed by atoms with van der Waals surface area (Å²) in [4.78, 5) is 12.0. The maximum absolute atomic E-state index is 12.0. The van der Waals surface area contributed by atoms with Crippen molar-refractivity contribution < 1.29 is 15.0 Å². The first-order chi connectivity index (χ1) is 9.13. The molecular weight excluding hydrogens is 244 g/mol. The smallest absolute Gasteiger partial charge is 0.251 e. The van der Waals surface area contributed by atoms with E-state index in [1.807, 2.05) is 6.07 Å². The number of rotatable bonds is 3. The molecule has 1 saturated carbocycles. The summed E-state index contributed by atoms with van der Waals surface area (Å²) in [5.74, 6) is -0.383. The van der Waals surface area contributed by atoms with Crippen molar-refractivity contribution >= 4 is 5.91 Å². The monoisotopic (exact) mass is 260 g/mol. The molecule has 1 aromatic rings. The van der Waals surface area contributed by atoms with Crippen LogP contribution >= 0.6 is 0 Å². The van der Waals surface area contributed by atoms with Crippen LogP contribution < -0.4 is 5.32 Å². The van der Waals surface area contributed by atoms with Crippen molar-refractivity contribution in [1.82, 2.24) is 5.32 Å². The molecule has 3 N–H and O–H groups in total. The molecule has 3 atom stereocenters. The normalized spacial score (nSPS) is 25.8. The fraction of sp³-hybridized carbons (Fsp3) is 0.429. The summed E-state index contributed by atoms with van der Waals surface area (Å²) < 4.78 is 0. The zero-order chi connectivity index (χ0) is 13.8. The van der Waals surface area contributed by atoms with Crippen LogP contribution in [0.5, 0.6) is 0 Å². The van der Waals surface area contributed by atoms with E-state index in [4.69, 9.17) is 10.4 Å². The molecule has 0 unspecified atom stereocenters. The van der Waals surface area contributed by atoms with Crippen LogP contribution in [0, 0.1) is 17.2 Å². The zero-order valence-corrected chi connectivity index (χ0v) is 10.4. The highest BCUT2D eigenvalue weighted by molar-refractivity contribution is 5.94. The molecule has 0 saturated heterocycles. The quantitative estimate of drug-likeness (QED) is 0.734. The lowest BCUT2D eigenvalue weighted by Gasteiger charge is -2.12. The van der Waals surface area contributed by atoms with E-state index >= 15 is 0 Å². The molecule has 1 fully saturated rings. The van der Waals surface area contributed by atoms with Gasteiger partial charge in [0.25, 0.3) is 5.91 Å². The number of carbonyl (C=O) groups is 1. The number of benzene rings is 1. The highest BCUT2D eigenvalue weighted by Crippen LogP contribution is 2.25. The van der Waals surface area contributed by atoms with Crippen molar-refractivity contribution in [1.29, 1.82) is 5.26 Å². The molecule has 100 valence electrons. The first-order valence-corrected chi connectivity index (χ1v) is 6.24. The van der Waals surface area contributed by atoms with Crippen molar-refractivity contribution in [3.63, 3.8) is 0 Å². The summed E-state index contributed by atoms with van der Waals surface area (Å²) in [6.45, 7) is -0.0651. The van der Waals surface area contributed by atoms with E-state index in [9.17, 15) is 9.90 Å². The van der Waals surface area contributed by atoms with Crippen molar-refractivity contribution in [3.05, 3.63) is 35.4 Å². The van der Waals surface area contributed by atoms with Crippen LogP contribution in [0.1, 0.15) is 28.8 Å². The molecule has 0 spiro atoms. The van der Waals surface area contributed by atoms with E-state index in [0.717, 1.165) is 0 Å². The third-order valence-corrected chi connectivity index (χ3v) is 3.50. The summed E-state index contributed by atoms with van der Waals surface area (Å²) in [7, 11) is 0. The largest absolute Gasteiger partial charge is 0.396 e. The molecule has 1 aliphatic carbocycles. The number of amides is 1. The van der Waals surface area contributed by atoms with Gasteiger partial charge < -0.3 is 15.5 Å². The minimum absolute atomic E-state index is 0.0651. The molecule has 1 aliphatic rings. The number of hydrogen-bond donors (Lipinski definition) is 3. The lowest BCUT2D eigenvalue weighted by Crippen LogP contribution is -2.33. The van der Waals surface area contributed by atoms with E-state index in [2.05, 4.69) is 5.32 Å². The number of nitriles is 1. The van der Waals surface area contributed by atoms with Crippen LogP contribution in [0.25, 0.3) is 0 Å². The minimum atomic E-state index is -0.559. The first kappa shape index (κ1) is 13.5. The molecule has 1 amide bonds. The van der Waals surface area contributed by atoms with Gasteiger partial charge >= 0.3 is 0 Å². The molecule has 5 heteroatoms. The summed E-state index contributed by atoms with van der Waals surface area (Å²) in [5.41, 5.74) is 0.995. The Balaban J connectivity index is 1.96. The number of carbonyl (C=O) groups excluding carboxylic acids is 1. The van der Waals surface area contributed by atoms with E-state index in [1.54, 1.807) is 24.3 Å². The molecule has 0 bridgehead atoms. The Morgan fingerprint density at radius 3 is 2.58 bits per heavy atom. The average molecular weight is 260 g/mol. The van der Waals surface area contributed by atoms with Gasteiger partial charge in [-0.3, -0.25) is 4.79 Å². The number of aliphatic hydroxyl groups is 2. The third kappa shape index (κ3) is 3.11. The SMILES string of the molecule is N#Cc1ccc(C(=O)N[C@H]2C[C@H](CO)[C@@H](O)C2)cc1. The Morgan fingerprint density at radius 2 is 2.05 bits per heavy atom. The van der Waals surface area contributed by atoms with Crippen LogP contribution in [0.4, 0.5) is 0 Å². The molecule has 1 aromatic carbocycles. The van der Waals surface area contributed by atoms with Gasteiger partial charge in [-0.05, 0) is 37.1 Å². The molecule has 0 aromatic heterocycles. The van der Waals surface area contributed by atoms with Crippen LogP contribution in [-0.4, -0.2) is 34.9 Å². The van der Waals surface area contributed by atoms with Crippen LogP contribution in [0.2, 0.25) is 0 Å². The Kier molecular flexibility index (Phi) is 4.15. The number of hydrogen-bond acceptors (Lipinski definition) is 4. The van der Waals surface area contributed by atoms with Crippen molar-refractivity contribution in [2.45, 2.75) is 25.0 Å². The zero-order valence-electron chi connectivity index (χ0n) is 10.4. The molecule has 5 nitrogen and oxygen atoms in total. The first-order valence-electron chi connectivity index (χ1n) is 6.24. The second kappa shape index (κ2) is 5.83. The van der Waals surface area contributed by atoms with Gasteiger partial charge in [-0.25, -0.2) is 0 Å². The topological polar surface area (TPSA) is 93.4 Å². The second-order valence-corrected chi connectivity index (χ2v) is 4.84. The Hall–Kier alpha value is -1.90. The van der Waals surface area contributed by atoms with E-state index in [1.165, 1.54) is 0 Å².